The molecule has 1 aliphatic rings. The normalized spacial score (nSPS) is 17.9. The maximum absolute atomic E-state index is 13.9. The van der Waals surface area contributed by atoms with Crippen LogP contribution in [0.1, 0.15) is 54.1 Å². The molecule has 4 aromatic carbocycles. The number of amides is 1. The zero-order valence-electron chi connectivity index (χ0n) is 25.6. The summed E-state index contributed by atoms with van der Waals surface area (Å²) in [6.07, 6.45) is -0.461. The van der Waals surface area contributed by atoms with Crippen molar-refractivity contribution in [3.05, 3.63) is 137 Å². The van der Waals surface area contributed by atoms with E-state index >= 15 is 0 Å². The van der Waals surface area contributed by atoms with Crippen LogP contribution in [0.3, 0.4) is 0 Å². The van der Waals surface area contributed by atoms with Gasteiger partial charge in [-0.15, -0.1) is 0 Å². The summed E-state index contributed by atoms with van der Waals surface area (Å²) in [6, 6.07) is 31.5. The molecule has 1 N–H and O–H groups in total. The predicted molar refractivity (Wildman–Crippen MR) is 169 cm³/mol. The number of benzene rings is 4. The molecule has 0 radical (unpaired) electrons. The van der Waals surface area contributed by atoms with Gasteiger partial charge in [0.15, 0.2) is 0 Å². The Bertz CT molecular complexity index is 1610. The molecular formula is C37H37F2N3O3. The van der Waals surface area contributed by atoms with E-state index in [1.165, 1.54) is 24.3 Å². The summed E-state index contributed by atoms with van der Waals surface area (Å²) in [7, 11) is 1.57. The monoisotopic (exact) mass is 609 g/mol. The molecule has 4 aromatic rings. The van der Waals surface area contributed by atoms with Gasteiger partial charge in [-0.2, -0.15) is 5.26 Å². The van der Waals surface area contributed by atoms with Crippen LogP contribution >= 0.6 is 0 Å². The Morgan fingerprint density at radius 1 is 0.978 bits per heavy atom. The van der Waals surface area contributed by atoms with E-state index in [1.54, 1.807) is 36.3 Å². The zero-order chi connectivity index (χ0) is 32.0. The molecule has 45 heavy (non-hydrogen) atoms. The topological polar surface area (TPSA) is 74.6 Å². The summed E-state index contributed by atoms with van der Waals surface area (Å²) >= 11 is 0. The number of ether oxygens (including phenoxy) is 2. The standard InChI is InChI=1S/C37H37F2N3O3/c1-25-9-11-27(12-10-25)34(41-31-19-17-30(39)18-20-31)32(21-22-37(2,24-40)28-13-15-29(38)16-14-28)35(44-3)42-33(23-45-36(42)43)26-7-5-4-6-8-26/h4-20,32-35,41H,21-23H2,1-3H3. The van der Waals surface area contributed by atoms with E-state index in [4.69, 9.17) is 9.47 Å². The first-order valence-corrected chi connectivity index (χ1v) is 15.0. The van der Waals surface area contributed by atoms with Crippen molar-refractivity contribution in [2.45, 2.75) is 50.4 Å². The molecule has 1 fully saturated rings. The first-order chi connectivity index (χ1) is 21.7. The van der Waals surface area contributed by atoms with E-state index in [0.29, 0.717) is 24.1 Å². The van der Waals surface area contributed by atoms with Crippen LogP contribution in [0.4, 0.5) is 19.3 Å². The number of hydrogen-bond donors (Lipinski definition) is 1. The number of carbonyl (C=O) groups excluding carboxylic acids is 1. The van der Waals surface area contributed by atoms with Crippen LogP contribution in [-0.4, -0.2) is 30.9 Å². The molecule has 1 saturated heterocycles. The lowest BCUT2D eigenvalue weighted by Gasteiger charge is -2.40. The molecule has 8 heteroatoms. The summed E-state index contributed by atoms with van der Waals surface area (Å²) in [5, 5.41) is 14.0. The van der Waals surface area contributed by atoms with Crippen LogP contribution < -0.4 is 5.32 Å². The van der Waals surface area contributed by atoms with Crippen LogP contribution in [-0.2, 0) is 14.9 Å². The lowest BCUT2D eigenvalue weighted by molar-refractivity contribution is -0.0652. The smallest absolute Gasteiger partial charge is 0.412 e. The third-order valence-corrected chi connectivity index (χ3v) is 8.71. The van der Waals surface area contributed by atoms with Gasteiger partial charge in [0.25, 0.3) is 0 Å². The van der Waals surface area contributed by atoms with Gasteiger partial charge in [-0.05, 0) is 79.8 Å². The minimum absolute atomic E-state index is 0.168. The zero-order valence-corrected chi connectivity index (χ0v) is 25.6. The number of aryl methyl sites for hydroxylation is 1. The fraction of sp³-hybridized carbons (Fsp3) is 0.297. The Kier molecular flexibility index (Phi) is 9.80. The second-order valence-corrected chi connectivity index (χ2v) is 11.7. The number of nitriles is 1. The number of methoxy groups -OCH3 is 1. The van der Waals surface area contributed by atoms with Crippen molar-refractivity contribution in [2.75, 3.05) is 19.0 Å². The molecule has 0 saturated carbocycles. The van der Waals surface area contributed by atoms with E-state index in [-0.39, 0.29) is 18.2 Å². The van der Waals surface area contributed by atoms with E-state index in [9.17, 15) is 18.8 Å². The lowest BCUT2D eigenvalue weighted by Crippen LogP contribution is -2.47. The highest BCUT2D eigenvalue weighted by atomic mass is 19.1. The summed E-state index contributed by atoms with van der Waals surface area (Å²) < 4.78 is 39.5. The van der Waals surface area contributed by atoms with Crippen molar-refractivity contribution < 1.29 is 23.0 Å². The van der Waals surface area contributed by atoms with Crippen molar-refractivity contribution in [1.82, 2.24) is 4.90 Å². The third kappa shape index (κ3) is 7.16. The second kappa shape index (κ2) is 13.9. The summed E-state index contributed by atoms with van der Waals surface area (Å²) in [6.45, 7) is 4.01. The molecule has 1 amide bonds. The number of halogens is 2. The van der Waals surface area contributed by atoms with Crippen LogP contribution in [0.2, 0.25) is 0 Å². The molecule has 6 nitrogen and oxygen atoms in total. The average molecular weight is 610 g/mol. The second-order valence-electron chi connectivity index (χ2n) is 11.7. The highest BCUT2D eigenvalue weighted by Gasteiger charge is 2.45. The van der Waals surface area contributed by atoms with Crippen LogP contribution in [0.15, 0.2) is 103 Å². The van der Waals surface area contributed by atoms with Crippen LogP contribution in [0, 0.1) is 35.8 Å². The molecule has 1 aliphatic heterocycles. The van der Waals surface area contributed by atoms with Gasteiger partial charge in [0.1, 0.15) is 24.5 Å². The molecular weight excluding hydrogens is 572 g/mol. The van der Waals surface area contributed by atoms with Crippen LogP contribution in [0.25, 0.3) is 0 Å². The minimum atomic E-state index is -0.956. The van der Waals surface area contributed by atoms with E-state index in [2.05, 4.69) is 11.4 Å². The quantitative estimate of drug-likeness (QED) is 0.174. The first-order valence-electron chi connectivity index (χ1n) is 15.0. The Labute approximate surface area is 263 Å². The molecule has 0 aliphatic carbocycles. The van der Waals surface area contributed by atoms with Crippen molar-refractivity contribution in [2.24, 2.45) is 5.92 Å². The fourth-order valence-corrected chi connectivity index (χ4v) is 6.09. The molecule has 0 spiro atoms. The Balaban J connectivity index is 1.60. The first kappa shape index (κ1) is 31.7. The molecule has 5 unspecified atom stereocenters. The molecule has 1 heterocycles. The SMILES string of the molecule is COC(C(CCC(C)(C#N)c1ccc(F)cc1)C(Nc1ccc(F)cc1)c1ccc(C)cc1)N1C(=O)OCC1c1ccccc1. The van der Waals surface area contributed by atoms with Gasteiger partial charge in [-0.25, -0.2) is 13.6 Å². The maximum Gasteiger partial charge on any atom is 0.412 e. The summed E-state index contributed by atoms with van der Waals surface area (Å²) in [5.41, 5.74) is 3.35. The number of hydrogen-bond acceptors (Lipinski definition) is 5. The van der Waals surface area contributed by atoms with Gasteiger partial charge in [-0.3, -0.25) is 4.90 Å². The van der Waals surface area contributed by atoms with E-state index in [1.807, 2.05) is 68.4 Å². The summed E-state index contributed by atoms with van der Waals surface area (Å²) in [4.78, 5) is 15.1. The van der Waals surface area contributed by atoms with Crippen LogP contribution in [0.5, 0.6) is 0 Å². The van der Waals surface area contributed by atoms with Gasteiger partial charge in [0.2, 0.25) is 0 Å². The fourth-order valence-electron chi connectivity index (χ4n) is 6.09. The number of carbonyl (C=O) groups is 1. The Morgan fingerprint density at radius 2 is 1.60 bits per heavy atom. The third-order valence-electron chi connectivity index (χ3n) is 8.71. The number of cyclic esters (lactones) is 1. The highest BCUT2D eigenvalue weighted by Crippen LogP contribution is 2.42. The minimum Gasteiger partial charge on any atom is -0.447 e. The number of anilines is 1. The molecule has 0 aromatic heterocycles. The van der Waals surface area contributed by atoms with Crippen molar-refractivity contribution >= 4 is 11.8 Å². The van der Waals surface area contributed by atoms with Gasteiger partial charge >= 0.3 is 6.09 Å². The summed E-state index contributed by atoms with van der Waals surface area (Å²) in [5.74, 6) is -1.15. The predicted octanol–water partition coefficient (Wildman–Crippen LogP) is 8.47. The Morgan fingerprint density at radius 3 is 2.20 bits per heavy atom. The van der Waals surface area contributed by atoms with Crippen molar-refractivity contribution in [3.8, 4) is 6.07 Å². The van der Waals surface area contributed by atoms with Crippen molar-refractivity contribution in [1.29, 1.82) is 5.26 Å². The average Bonchev–Trinajstić information content (AvgIpc) is 3.44. The number of rotatable bonds is 12. The molecule has 232 valence electrons. The highest BCUT2D eigenvalue weighted by molar-refractivity contribution is 5.71. The number of nitrogens with zero attached hydrogens (tertiary/aromatic N) is 2. The molecule has 0 bridgehead atoms. The largest absolute Gasteiger partial charge is 0.447 e. The van der Waals surface area contributed by atoms with Crippen molar-refractivity contribution in [3.63, 3.8) is 0 Å². The van der Waals surface area contributed by atoms with Gasteiger partial charge in [0.05, 0.1) is 23.6 Å². The number of nitrogens with one attached hydrogen (secondary N) is 1. The lowest BCUT2D eigenvalue weighted by atomic mass is 9.75. The van der Waals surface area contributed by atoms with Gasteiger partial charge in [-0.1, -0.05) is 72.3 Å². The van der Waals surface area contributed by atoms with E-state index in [0.717, 1.165) is 16.7 Å². The maximum atomic E-state index is 13.9. The molecule has 5 atom stereocenters. The molecule has 5 rings (SSSR count). The van der Waals surface area contributed by atoms with E-state index < -0.39 is 35.7 Å². The Hall–Kier alpha value is -4.74. The van der Waals surface area contributed by atoms with Gasteiger partial charge < -0.3 is 14.8 Å². The van der Waals surface area contributed by atoms with Gasteiger partial charge in [0, 0.05) is 18.7 Å².